The number of esters is 1. The summed E-state index contributed by atoms with van der Waals surface area (Å²) in [4.78, 5) is 20.0. The molecule has 54 valence electrons. The number of carboxylic acids is 1. The normalized spacial score (nSPS) is 11.0. The first-order valence-electron chi connectivity index (χ1n) is 2.44. The molecular formula is C5H9NaO4. The van der Waals surface area contributed by atoms with Crippen LogP contribution in [0.1, 0.15) is 15.3 Å². The standard InChI is InChI=1S/C5H8O4.Na.H/c1-3(5(7)8)9-4(2)6;;/h3H,1-2H3,(H,7,8);;/q;+1;-1. The Labute approximate surface area is 82.3 Å². The van der Waals surface area contributed by atoms with E-state index in [1.807, 2.05) is 0 Å². The van der Waals surface area contributed by atoms with Crippen LogP contribution < -0.4 is 29.6 Å². The molecule has 0 spiro atoms. The van der Waals surface area contributed by atoms with Gasteiger partial charge in [-0.1, -0.05) is 0 Å². The van der Waals surface area contributed by atoms with Crippen LogP contribution in [0.25, 0.3) is 0 Å². The average Bonchev–Trinajstić information content (AvgIpc) is 1.63. The molecule has 0 heterocycles. The molecule has 10 heavy (non-hydrogen) atoms. The van der Waals surface area contributed by atoms with Crippen molar-refractivity contribution in [2.75, 3.05) is 0 Å². The van der Waals surface area contributed by atoms with Crippen molar-refractivity contribution in [2.45, 2.75) is 20.0 Å². The van der Waals surface area contributed by atoms with E-state index in [-0.39, 0.29) is 31.0 Å². The van der Waals surface area contributed by atoms with Crippen molar-refractivity contribution in [3.05, 3.63) is 0 Å². The largest absolute Gasteiger partial charge is 1.00 e. The summed E-state index contributed by atoms with van der Waals surface area (Å²) in [5.74, 6) is -1.71. The Balaban J connectivity index is -0.000000320. The van der Waals surface area contributed by atoms with Gasteiger partial charge in [-0.15, -0.1) is 0 Å². The van der Waals surface area contributed by atoms with Gasteiger partial charge in [0.2, 0.25) is 0 Å². The predicted molar refractivity (Wildman–Crippen MR) is 30.0 cm³/mol. The number of carbonyl (C=O) groups excluding carboxylic acids is 1. The number of carboxylic acid groups (broad SMARTS) is 1. The van der Waals surface area contributed by atoms with Gasteiger partial charge >= 0.3 is 41.5 Å². The maximum atomic E-state index is 10.1. The molecule has 1 atom stereocenters. The van der Waals surface area contributed by atoms with Gasteiger partial charge in [0.25, 0.3) is 0 Å². The Hall–Kier alpha value is -0.0600. The van der Waals surface area contributed by atoms with Crippen molar-refractivity contribution in [3.8, 4) is 0 Å². The molecule has 0 bridgehead atoms. The minimum absolute atomic E-state index is 0. The first-order valence-corrected chi connectivity index (χ1v) is 2.44. The predicted octanol–water partition coefficient (Wildman–Crippen LogP) is -2.86. The Bertz CT molecular complexity index is 138. The van der Waals surface area contributed by atoms with Crippen molar-refractivity contribution < 1.29 is 50.4 Å². The minimum Gasteiger partial charge on any atom is -1.00 e. The van der Waals surface area contributed by atoms with E-state index in [2.05, 4.69) is 4.74 Å². The van der Waals surface area contributed by atoms with Gasteiger partial charge in [-0.05, 0) is 6.92 Å². The maximum absolute atomic E-state index is 10.1. The van der Waals surface area contributed by atoms with Gasteiger partial charge in [0.15, 0.2) is 6.10 Å². The summed E-state index contributed by atoms with van der Waals surface area (Å²) in [6.07, 6.45) is -1.04. The fourth-order valence-electron chi connectivity index (χ4n) is 0.299. The van der Waals surface area contributed by atoms with Crippen LogP contribution in [0.3, 0.4) is 0 Å². The third-order valence-electron chi connectivity index (χ3n) is 0.691. The van der Waals surface area contributed by atoms with Crippen LogP contribution in [0.15, 0.2) is 0 Å². The zero-order chi connectivity index (χ0) is 7.44. The van der Waals surface area contributed by atoms with Crippen LogP contribution in [0.2, 0.25) is 0 Å². The van der Waals surface area contributed by atoms with Crippen LogP contribution in [-0.2, 0) is 14.3 Å². The number of hydrogen-bond donors (Lipinski definition) is 1. The molecule has 0 aromatic heterocycles. The molecular weight excluding hydrogens is 147 g/mol. The second kappa shape index (κ2) is 5.70. The van der Waals surface area contributed by atoms with E-state index in [9.17, 15) is 9.59 Å². The number of aliphatic carboxylic acids is 1. The molecule has 0 aliphatic rings. The Kier molecular flexibility index (Phi) is 7.19. The topological polar surface area (TPSA) is 63.6 Å². The summed E-state index contributed by atoms with van der Waals surface area (Å²) < 4.78 is 4.27. The molecule has 1 N–H and O–H groups in total. The Morgan fingerprint density at radius 2 is 2.00 bits per heavy atom. The van der Waals surface area contributed by atoms with Gasteiger partial charge in [0, 0.05) is 6.92 Å². The molecule has 0 radical (unpaired) electrons. The fourth-order valence-corrected chi connectivity index (χ4v) is 0.299. The molecule has 0 aliphatic carbocycles. The van der Waals surface area contributed by atoms with E-state index in [0.29, 0.717) is 0 Å². The second-order valence-electron chi connectivity index (χ2n) is 1.59. The SMILES string of the molecule is CC(=O)OC(C)C(=O)O.[H-].[Na+]. The molecule has 0 aromatic carbocycles. The summed E-state index contributed by atoms with van der Waals surface area (Å²) in [5, 5.41) is 8.15. The summed E-state index contributed by atoms with van der Waals surface area (Å²) in [7, 11) is 0. The first-order chi connectivity index (χ1) is 4.04. The Morgan fingerprint density at radius 1 is 1.60 bits per heavy atom. The van der Waals surface area contributed by atoms with Crippen molar-refractivity contribution in [1.82, 2.24) is 0 Å². The molecule has 0 saturated heterocycles. The van der Waals surface area contributed by atoms with Crippen molar-refractivity contribution in [2.24, 2.45) is 0 Å². The smallest absolute Gasteiger partial charge is 1.00 e. The molecule has 0 saturated carbocycles. The van der Waals surface area contributed by atoms with E-state index in [4.69, 9.17) is 5.11 Å². The molecule has 0 aromatic rings. The van der Waals surface area contributed by atoms with Crippen LogP contribution >= 0.6 is 0 Å². The third-order valence-corrected chi connectivity index (χ3v) is 0.691. The first kappa shape index (κ1) is 12.6. The van der Waals surface area contributed by atoms with Crippen LogP contribution in [0.4, 0.5) is 0 Å². The molecule has 1 unspecified atom stereocenters. The van der Waals surface area contributed by atoms with Crippen molar-refractivity contribution in [1.29, 1.82) is 0 Å². The van der Waals surface area contributed by atoms with E-state index >= 15 is 0 Å². The zero-order valence-electron chi connectivity index (χ0n) is 7.25. The van der Waals surface area contributed by atoms with E-state index in [1.165, 1.54) is 13.8 Å². The molecule has 0 aliphatic heterocycles. The quantitative estimate of drug-likeness (QED) is 0.345. The van der Waals surface area contributed by atoms with E-state index in [1.54, 1.807) is 0 Å². The minimum atomic E-state index is -1.13. The van der Waals surface area contributed by atoms with Gasteiger partial charge in [-0.2, -0.15) is 0 Å². The van der Waals surface area contributed by atoms with Crippen molar-refractivity contribution >= 4 is 11.9 Å². The molecule has 5 heteroatoms. The van der Waals surface area contributed by atoms with Crippen LogP contribution in [-0.4, -0.2) is 23.1 Å². The number of rotatable bonds is 2. The number of carbonyl (C=O) groups is 2. The van der Waals surface area contributed by atoms with Gasteiger partial charge in [-0.3, -0.25) is 4.79 Å². The van der Waals surface area contributed by atoms with E-state index in [0.717, 1.165) is 0 Å². The van der Waals surface area contributed by atoms with Gasteiger partial charge in [-0.25, -0.2) is 4.79 Å². The maximum Gasteiger partial charge on any atom is 1.00 e. The van der Waals surface area contributed by atoms with Gasteiger partial charge < -0.3 is 11.3 Å². The second-order valence-corrected chi connectivity index (χ2v) is 1.59. The molecule has 0 rings (SSSR count). The summed E-state index contributed by atoms with van der Waals surface area (Å²) in [6, 6.07) is 0. The van der Waals surface area contributed by atoms with E-state index < -0.39 is 18.0 Å². The zero-order valence-corrected chi connectivity index (χ0v) is 8.25. The van der Waals surface area contributed by atoms with Crippen LogP contribution in [0.5, 0.6) is 0 Å². The molecule has 0 fully saturated rings. The summed E-state index contributed by atoms with van der Waals surface area (Å²) in [5.41, 5.74) is 0. The monoisotopic (exact) mass is 156 g/mol. The Morgan fingerprint density at radius 3 is 2.10 bits per heavy atom. The van der Waals surface area contributed by atoms with Crippen LogP contribution in [0, 0.1) is 0 Å². The summed E-state index contributed by atoms with van der Waals surface area (Å²) in [6.45, 7) is 2.46. The third kappa shape index (κ3) is 6.07. The van der Waals surface area contributed by atoms with Crippen molar-refractivity contribution in [3.63, 3.8) is 0 Å². The average molecular weight is 156 g/mol. The number of ether oxygens (including phenoxy) is 1. The molecule has 0 amide bonds. The molecule has 4 nitrogen and oxygen atoms in total. The van der Waals surface area contributed by atoms with Gasteiger partial charge in [0.1, 0.15) is 0 Å². The number of hydrogen-bond acceptors (Lipinski definition) is 3. The van der Waals surface area contributed by atoms with Gasteiger partial charge in [0.05, 0.1) is 0 Å². The fraction of sp³-hybridized carbons (Fsp3) is 0.600. The summed E-state index contributed by atoms with van der Waals surface area (Å²) >= 11 is 0.